The molecule has 6 nitrogen and oxygen atoms in total. The van der Waals surface area contributed by atoms with Crippen LogP contribution in [0.15, 0.2) is 24.3 Å². The van der Waals surface area contributed by atoms with E-state index in [9.17, 15) is 18.5 Å². The summed E-state index contributed by atoms with van der Waals surface area (Å²) in [6.07, 6.45) is 5.21. The van der Waals surface area contributed by atoms with Gasteiger partial charge in [-0.25, -0.2) is 8.42 Å². The standard InChI is InChI=1S/C12H14N2O4S/c1-4-12(2,3)13-19(17,18)9-10-5-7-11(8-6-10)14(15)16/h1,5-8,13H,9H2,2-3H3. The molecule has 0 radical (unpaired) electrons. The number of terminal acetylenes is 1. The van der Waals surface area contributed by atoms with Gasteiger partial charge in [-0.1, -0.05) is 18.1 Å². The lowest BCUT2D eigenvalue weighted by Crippen LogP contribution is -2.42. The summed E-state index contributed by atoms with van der Waals surface area (Å²) in [6, 6.07) is 5.33. The Morgan fingerprint density at radius 1 is 1.37 bits per heavy atom. The highest BCUT2D eigenvalue weighted by Gasteiger charge is 2.22. The predicted molar refractivity (Wildman–Crippen MR) is 71.8 cm³/mol. The van der Waals surface area contributed by atoms with Crippen LogP contribution in [0.4, 0.5) is 5.69 Å². The molecule has 0 fully saturated rings. The Morgan fingerprint density at radius 3 is 2.32 bits per heavy atom. The molecule has 1 rings (SSSR count). The summed E-state index contributed by atoms with van der Waals surface area (Å²) < 4.78 is 26.1. The monoisotopic (exact) mass is 282 g/mol. The van der Waals surface area contributed by atoms with Crippen molar-refractivity contribution < 1.29 is 13.3 Å². The molecule has 0 bridgehead atoms. The number of nitrogens with zero attached hydrogens (tertiary/aromatic N) is 1. The van der Waals surface area contributed by atoms with E-state index in [4.69, 9.17) is 6.42 Å². The lowest BCUT2D eigenvalue weighted by atomic mass is 10.1. The van der Waals surface area contributed by atoms with E-state index in [-0.39, 0.29) is 11.4 Å². The molecule has 1 aromatic rings. The maximum Gasteiger partial charge on any atom is 0.269 e. The van der Waals surface area contributed by atoms with Crippen LogP contribution in [0.2, 0.25) is 0 Å². The number of hydrogen-bond donors (Lipinski definition) is 1. The van der Waals surface area contributed by atoms with Crippen molar-refractivity contribution in [2.24, 2.45) is 0 Å². The lowest BCUT2D eigenvalue weighted by Gasteiger charge is -2.19. The molecule has 0 amide bonds. The Hall–Kier alpha value is -1.91. The first-order chi connectivity index (χ1) is 8.65. The number of nitrogens with one attached hydrogen (secondary N) is 1. The van der Waals surface area contributed by atoms with Crippen molar-refractivity contribution in [3.63, 3.8) is 0 Å². The van der Waals surface area contributed by atoms with Crippen LogP contribution in [0.3, 0.4) is 0 Å². The summed E-state index contributed by atoms with van der Waals surface area (Å²) >= 11 is 0. The van der Waals surface area contributed by atoms with Gasteiger partial charge in [-0.05, 0) is 19.4 Å². The number of sulfonamides is 1. The highest BCUT2D eigenvalue weighted by Crippen LogP contribution is 2.14. The first-order valence-corrected chi connectivity index (χ1v) is 7.03. The van der Waals surface area contributed by atoms with E-state index in [0.29, 0.717) is 5.56 Å². The maximum absolute atomic E-state index is 11.9. The van der Waals surface area contributed by atoms with Gasteiger partial charge in [0.15, 0.2) is 0 Å². The topological polar surface area (TPSA) is 89.3 Å². The third-order valence-corrected chi connectivity index (χ3v) is 3.81. The summed E-state index contributed by atoms with van der Waals surface area (Å²) in [4.78, 5) is 9.93. The zero-order chi connectivity index (χ0) is 14.7. The average Bonchev–Trinajstić information content (AvgIpc) is 2.27. The molecule has 0 heterocycles. The molecule has 0 aliphatic heterocycles. The highest BCUT2D eigenvalue weighted by molar-refractivity contribution is 7.88. The van der Waals surface area contributed by atoms with Crippen molar-refractivity contribution >= 4 is 15.7 Å². The molecule has 0 saturated carbocycles. The number of nitro groups is 1. The van der Waals surface area contributed by atoms with Gasteiger partial charge in [0, 0.05) is 12.1 Å². The molecule has 1 N–H and O–H groups in total. The second-order valence-corrected chi connectivity index (χ2v) is 6.28. The van der Waals surface area contributed by atoms with Gasteiger partial charge in [0.2, 0.25) is 10.0 Å². The van der Waals surface area contributed by atoms with E-state index >= 15 is 0 Å². The molecule has 1 aromatic carbocycles. The van der Waals surface area contributed by atoms with Crippen molar-refractivity contribution in [1.29, 1.82) is 0 Å². The molecule has 0 aromatic heterocycles. The summed E-state index contributed by atoms with van der Waals surface area (Å²) in [6.45, 7) is 3.14. The molecule has 0 atom stereocenters. The van der Waals surface area contributed by atoms with Crippen LogP contribution in [-0.2, 0) is 15.8 Å². The van der Waals surface area contributed by atoms with E-state index in [1.54, 1.807) is 13.8 Å². The van der Waals surface area contributed by atoms with Gasteiger partial charge < -0.3 is 0 Å². The van der Waals surface area contributed by atoms with Gasteiger partial charge >= 0.3 is 0 Å². The van der Waals surface area contributed by atoms with Crippen molar-refractivity contribution in [2.45, 2.75) is 25.1 Å². The van der Waals surface area contributed by atoms with Gasteiger partial charge in [-0.2, -0.15) is 4.72 Å². The smallest absolute Gasteiger partial charge is 0.258 e. The van der Waals surface area contributed by atoms with Crippen LogP contribution in [0, 0.1) is 22.5 Å². The molecule has 19 heavy (non-hydrogen) atoms. The van der Waals surface area contributed by atoms with E-state index in [0.717, 1.165) is 0 Å². The largest absolute Gasteiger partial charge is 0.269 e. The number of benzene rings is 1. The van der Waals surface area contributed by atoms with Crippen molar-refractivity contribution in [1.82, 2.24) is 4.72 Å². The third-order valence-electron chi connectivity index (χ3n) is 2.28. The molecule has 0 aliphatic carbocycles. The first kappa shape index (κ1) is 15.1. The number of nitro benzene ring substituents is 1. The molecular weight excluding hydrogens is 268 g/mol. The Balaban J connectivity index is 2.85. The number of hydrogen-bond acceptors (Lipinski definition) is 4. The van der Waals surface area contributed by atoms with Gasteiger partial charge in [-0.15, -0.1) is 6.42 Å². The number of rotatable bonds is 5. The quantitative estimate of drug-likeness (QED) is 0.502. The minimum absolute atomic E-state index is 0.0851. The zero-order valence-electron chi connectivity index (χ0n) is 10.6. The summed E-state index contributed by atoms with van der Waals surface area (Å²) in [5, 5.41) is 10.5. The van der Waals surface area contributed by atoms with Gasteiger partial charge in [0.25, 0.3) is 5.69 Å². The van der Waals surface area contributed by atoms with Crippen LogP contribution < -0.4 is 4.72 Å². The SMILES string of the molecule is C#CC(C)(C)NS(=O)(=O)Cc1ccc([N+](=O)[O-])cc1. The summed E-state index contributed by atoms with van der Waals surface area (Å²) in [5.41, 5.74) is -0.608. The fourth-order valence-electron chi connectivity index (χ4n) is 1.39. The maximum atomic E-state index is 11.9. The van der Waals surface area contributed by atoms with E-state index in [1.165, 1.54) is 24.3 Å². The first-order valence-electron chi connectivity index (χ1n) is 5.38. The summed E-state index contributed by atoms with van der Waals surface area (Å²) in [7, 11) is -3.60. The Morgan fingerprint density at radius 2 is 1.89 bits per heavy atom. The molecule has 0 spiro atoms. The molecular formula is C12H14N2O4S. The van der Waals surface area contributed by atoms with Crippen molar-refractivity contribution in [3.05, 3.63) is 39.9 Å². The van der Waals surface area contributed by atoms with Gasteiger partial charge in [0.05, 0.1) is 16.2 Å². The zero-order valence-corrected chi connectivity index (χ0v) is 11.4. The van der Waals surface area contributed by atoms with Crippen LogP contribution in [0.25, 0.3) is 0 Å². The molecule has 102 valence electrons. The van der Waals surface area contributed by atoms with Crippen molar-refractivity contribution in [3.8, 4) is 12.3 Å². The number of non-ortho nitro benzene ring substituents is 1. The van der Waals surface area contributed by atoms with Crippen LogP contribution >= 0.6 is 0 Å². The Kier molecular flexibility index (Phi) is 4.29. The second kappa shape index (κ2) is 5.38. The minimum Gasteiger partial charge on any atom is -0.258 e. The second-order valence-electron chi connectivity index (χ2n) is 4.55. The van der Waals surface area contributed by atoms with E-state index in [1.807, 2.05) is 0 Å². The van der Waals surface area contributed by atoms with Gasteiger partial charge in [0.1, 0.15) is 0 Å². The summed E-state index contributed by atoms with van der Waals surface area (Å²) in [5.74, 6) is 2.05. The molecule has 0 unspecified atom stereocenters. The minimum atomic E-state index is -3.60. The van der Waals surface area contributed by atoms with E-state index in [2.05, 4.69) is 10.6 Å². The highest BCUT2D eigenvalue weighted by atomic mass is 32.2. The van der Waals surface area contributed by atoms with Gasteiger partial charge in [-0.3, -0.25) is 10.1 Å². The van der Waals surface area contributed by atoms with Crippen LogP contribution in [-0.4, -0.2) is 18.9 Å². The third kappa shape index (κ3) is 4.69. The fourth-order valence-corrected chi connectivity index (χ4v) is 2.93. The van der Waals surface area contributed by atoms with E-state index < -0.39 is 20.5 Å². The van der Waals surface area contributed by atoms with Crippen molar-refractivity contribution in [2.75, 3.05) is 0 Å². The lowest BCUT2D eigenvalue weighted by molar-refractivity contribution is -0.384. The van der Waals surface area contributed by atoms with Crippen LogP contribution in [0.1, 0.15) is 19.4 Å². The molecule has 0 aliphatic rings. The van der Waals surface area contributed by atoms with Crippen LogP contribution in [0.5, 0.6) is 0 Å². The Bertz CT molecular complexity index is 612. The predicted octanol–water partition coefficient (Wildman–Crippen LogP) is 1.43. The normalized spacial score (nSPS) is 11.8. The fraction of sp³-hybridized carbons (Fsp3) is 0.333. The molecule has 7 heteroatoms. The molecule has 0 saturated heterocycles. The average molecular weight is 282 g/mol. The Labute approximate surface area is 112 Å².